The highest BCUT2D eigenvalue weighted by molar-refractivity contribution is 7.98. The van der Waals surface area contributed by atoms with E-state index in [1.807, 2.05) is 0 Å². The quantitative estimate of drug-likeness (QED) is 0.851. The molecule has 0 radical (unpaired) electrons. The number of halogens is 1. The predicted molar refractivity (Wildman–Crippen MR) is 75.9 cm³/mol. The molecule has 0 aromatic heterocycles. The lowest BCUT2D eigenvalue weighted by atomic mass is 10.2. The van der Waals surface area contributed by atoms with Gasteiger partial charge in [-0.05, 0) is 24.3 Å². The fourth-order valence-corrected chi connectivity index (χ4v) is 2.64. The van der Waals surface area contributed by atoms with Crippen LogP contribution in [0.1, 0.15) is 15.9 Å². The fourth-order valence-electron chi connectivity index (χ4n) is 1.71. The lowest BCUT2D eigenvalue weighted by Gasteiger charge is -2.07. The first-order chi connectivity index (χ1) is 9.61. The van der Waals surface area contributed by atoms with Crippen molar-refractivity contribution in [1.29, 1.82) is 0 Å². The maximum atomic E-state index is 14.0. The third-order valence-electron chi connectivity index (χ3n) is 2.74. The first-order valence-corrected chi connectivity index (χ1v) is 6.88. The van der Waals surface area contributed by atoms with E-state index in [1.54, 1.807) is 36.4 Å². The van der Waals surface area contributed by atoms with Crippen molar-refractivity contribution in [3.63, 3.8) is 0 Å². The molecule has 0 aliphatic carbocycles. The molecule has 0 amide bonds. The van der Waals surface area contributed by atoms with E-state index in [9.17, 15) is 9.18 Å². The van der Waals surface area contributed by atoms with Crippen LogP contribution in [0.15, 0.2) is 47.4 Å². The monoisotopic (exact) mass is 292 g/mol. The Morgan fingerprint density at radius 1 is 1.30 bits per heavy atom. The van der Waals surface area contributed by atoms with Crippen molar-refractivity contribution in [2.75, 3.05) is 7.11 Å². The predicted octanol–water partition coefficient (Wildman–Crippen LogP) is 3.82. The molecule has 0 aliphatic heterocycles. The molecule has 20 heavy (non-hydrogen) atoms. The number of hydrogen-bond donors (Lipinski definition) is 1. The first-order valence-electron chi connectivity index (χ1n) is 5.89. The van der Waals surface area contributed by atoms with Crippen LogP contribution in [0, 0.1) is 5.82 Å². The molecule has 0 aliphatic rings. The average Bonchev–Trinajstić information content (AvgIpc) is 2.46. The summed E-state index contributed by atoms with van der Waals surface area (Å²) < 4.78 is 18.9. The minimum atomic E-state index is -0.972. The van der Waals surface area contributed by atoms with Gasteiger partial charge in [0.1, 0.15) is 0 Å². The summed E-state index contributed by atoms with van der Waals surface area (Å²) in [5.41, 5.74) is 0.746. The van der Waals surface area contributed by atoms with Crippen LogP contribution in [0.5, 0.6) is 5.75 Å². The number of carboxylic acid groups (broad SMARTS) is 1. The molecule has 2 rings (SSSR count). The van der Waals surface area contributed by atoms with Crippen molar-refractivity contribution >= 4 is 17.7 Å². The topological polar surface area (TPSA) is 46.5 Å². The van der Waals surface area contributed by atoms with Gasteiger partial charge in [0.15, 0.2) is 11.6 Å². The molecule has 2 aromatic rings. The SMILES string of the molecule is COc1cccc(CSc2cccc(C(=O)O)c2)c1F. The summed E-state index contributed by atoms with van der Waals surface area (Å²) in [7, 11) is 1.42. The molecule has 0 spiro atoms. The number of rotatable bonds is 5. The van der Waals surface area contributed by atoms with E-state index < -0.39 is 5.97 Å². The number of carbonyl (C=O) groups is 1. The lowest BCUT2D eigenvalue weighted by Crippen LogP contribution is -1.96. The molecule has 3 nitrogen and oxygen atoms in total. The molecular formula is C15H13FO3S. The average molecular weight is 292 g/mol. The minimum absolute atomic E-state index is 0.211. The zero-order valence-electron chi connectivity index (χ0n) is 10.8. The highest BCUT2D eigenvalue weighted by Crippen LogP contribution is 2.28. The van der Waals surface area contributed by atoms with E-state index in [1.165, 1.54) is 24.9 Å². The van der Waals surface area contributed by atoms with Gasteiger partial charge in [-0.1, -0.05) is 18.2 Å². The van der Waals surface area contributed by atoms with Crippen LogP contribution in [0.3, 0.4) is 0 Å². The first kappa shape index (κ1) is 14.4. The number of methoxy groups -OCH3 is 1. The third-order valence-corrected chi connectivity index (χ3v) is 3.78. The molecule has 0 unspecified atom stereocenters. The molecule has 0 fully saturated rings. The molecule has 0 atom stereocenters. The second-order valence-electron chi connectivity index (χ2n) is 4.06. The number of aromatic carboxylic acids is 1. The largest absolute Gasteiger partial charge is 0.494 e. The molecule has 5 heteroatoms. The van der Waals surface area contributed by atoms with Crippen LogP contribution >= 0.6 is 11.8 Å². The van der Waals surface area contributed by atoms with Crippen LogP contribution in [0.25, 0.3) is 0 Å². The Kier molecular flexibility index (Phi) is 4.63. The van der Waals surface area contributed by atoms with Gasteiger partial charge in [-0.25, -0.2) is 9.18 Å². The normalized spacial score (nSPS) is 10.3. The van der Waals surface area contributed by atoms with Gasteiger partial charge in [-0.15, -0.1) is 11.8 Å². The van der Waals surface area contributed by atoms with Crippen LogP contribution in [0.2, 0.25) is 0 Å². The third kappa shape index (κ3) is 3.30. The van der Waals surface area contributed by atoms with E-state index in [0.717, 1.165) is 4.90 Å². The van der Waals surface area contributed by atoms with Gasteiger partial charge in [-0.3, -0.25) is 0 Å². The van der Waals surface area contributed by atoms with Crippen molar-refractivity contribution in [1.82, 2.24) is 0 Å². The maximum Gasteiger partial charge on any atom is 0.335 e. The van der Waals surface area contributed by atoms with Gasteiger partial charge in [0.25, 0.3) is 0 Å². The minimum Gasteiger partial charge on any atom is -0.494 e. The Morgan fingerprint density at radius 2 is 2.05 bits per heavy atom. The van der Waals surface area contributed by atoms with E-state index in [2.05, 4.69) is 0 Å². The van der Waals surface area contributed by atoms with Gasteiger partial charge < -0.3 is 9.84 Å². The van der Waals surface area contributed by atoms with Gasteiger partial charge >= 0.3 is 5.97 Å². The van der Waals surface area contributed by atoms with Crippen LogP contribution in [-0.4, -0.2) is 18.2 Å². The zero-order valence-corrected chi connectivity index (χ0v) is 11.6. The Bertz CT molecular complexity index is 628. The summed E-state index contributed by atoms with van der Waals surface area (Å²) in [4.78, 5) is 11.7. The highest BCUT2D eigenvalue weighted by Gasteiger charge is 2.09. The number of hydrogen-bond acceptors (Lipinski definition) is 3. The summed E-state index contributed by atoms with van der Waals surface area (Å²) in [6, 6.07) is 11.6. The number of thioether (sulfide) groups is 1. The van der Waals surface area contributed by atoms with Crippen molar-refractivity contribution < 1.29 is 19.0 Å². The summed E-state index contributed by atoms with van der Waals surface area (Å²) in [6.45, 7) is 0. The second-order valence-corrected chi connectivity index (χ2v) is 5.10. The summed E-state index contributed by atoms with van der Waals surface area (Å²) >= 11 is 1.38. The van der Waals surface area contributed by atoms with Gasteiger partial charge in [-0.2, -0.15) is 0 Å². The van der Waals surface area contributed by atoms with E-state index >= 15 is 0 Å². The van der Waals surface area contributed by atoms with Crippen molar-refractivity contribution in [2.45, 2.75) is 10.6 Å². The molecule has 0 saturated carbocycles. The maximum absolute atomic E-state index is 14.0. The Labute approximate surface area is 120 Å². The molecule has 0 bridgehead atoms. The molecular weight excluding hydrogens is 279 g/mol. The van der Waals surface area contributed by atoms with Crippen molar-refractivity contribution in [2.24, 2.45) is 0 Å². The lowest BCUT2D eigenvalue weighted by molar-refractivity contribution is 0.0696. The number of ether oxygens (including phenoxy) is 1. The van der Waals surface area contributed by atoms with E-state index in [-0.39, 0.29) is 17.1 Å². The Hall–Kier alpha value is -2.01. The highest BCUT2D eigenvalue weighted by atomic mass is 32.2. The van der Waals surface area contributed by atoms with E-state index in [4.69, 9.17) is 9.84 Å². The standard InChI is InChI=1S/C15H13FO3S/c1-19-13-7-3-5-11(14(13)16)9-20-12-6-2-4-10(8-12)15(17)18/h2-8H,9H2,1H3,(H,17,18). The molecule has 104 valence electrons. The summed E-state index contributed by atoms with van der Waals surface area (Å²) in [5.74, 6) is -0.731. The smallest absolute Gasteiger partial charge is 0.335 e. The summed E-state index contributed by atoms with van der Waals surface area (Å²) in [5, 5.41) is 8.92. The molecule has 2 aromatic carbocycles. The van der Waals surface area contributed by atoms with Crippen LogP contribution in [0.4, 0.5) is 4.39 Å². The molecule has 0 saturated heterocycles. The zero-order chi connectivity index (χ0) is 14.5. The van der Waals surface area contributed by atoms with Crippen LogP contribution < -0.4 is 4.74 Å². The molecule has 1 N–H and O–H groups in total. The van der Waals surface area contributed by atoms with E-state index in [0.29, 0.717) is 11.3 Å². The van der Waals surface area contributed by atoms with Gasteiger partial charge in [0.05, 0.1) is 12.7 Å². The Morgan fingerprint density at radius 3 is 2.75 bits per heavy atom. The van der Waals surface area contributed by atoms with Crippen molar-refractivity contribution in [3.05, 3.63) is 59.4 Å². The second kappa shape index (κ2) is 6.43. The number of benzene rings is 2. The number of carboxylic acids is 1. The fraction of sp³-hybridized carbons (Fsp3) is 0.133. The Balaban J connectivity index is 2.13. The van der Waals surface area contributed by atoms with Crippen LogP contribution in [-0.2, 0) is 5.75 Å². The van der Waals surface area contributed by atoms with Gasteiger partial charge in [0, 0.05) is 16.2 Å². The summed E-state index contributed by atoms with van der Waals surface area (Å²) in [6.07, 6.45) is 0. The molecule has 0 heterocycles. The van der Waals surface area contributed by atoms with Crippen molar-refractivity contribution in [3.8, 4) is 5.75 Å². The van der Waals surface area contributed by atoms with Gasteiger partial charge in [0.2, 0.25) is 0 Å².